The van der Waals surface area contributed by atoms with Crippen LogP contribution in [-0.2, 0) is 16.0 Å². The van der Waals surface area contributed by atoms with Crippen LogP contribution >= 0.6 is 0 Å². The molecular formula is C20H19N3O3. The van der Waals surface area contributed by atoms with E-state index in [1.807, 2.05) is 59.2 Å². The van der Waals surface area contributed by atoms with Crippen LogP contribution in [0.15, 0.2) is 54.6 Å². The number of benzene rings is 2. The largest absolute Gasteiger partial charge is 0.480 e. The van der Waals surface area contributed by atoms with Crippen molar-refractivity contribution in [2.24, 2.45) is 0 Å². The van der Waals surface area contributed by atoms with Crippen molar-refractivity contribution in [2.75, 3.05) is 0 Å². The number of carbonyl (C=O) groups is 2. The summed E-state index contributed by atoms with van der Waals surface area (Å²) in [6, 6.07) is 17.7. The van der Waals surface area contributed by atoms with Crippen LogP contribution in [0.25, 0.3) is 16.7 Å². The van der Waals surface area contributed by atoms with E-state index in [0.29, 0.717) is 19.3 Å². The highest BCUT2D eigenvalue weighted by atomic mass is 16.4. The van der Waals surface area contributed by atoms with E-state index in [1.54, 1.807) is 0 Å². The van der Waals surface area contributed by atoms with Gasteiger partial charge in [-0.25, -0.2) is 9.78 Å². The molecular weight excluding hydrogens is 330 g/mol. The van der Waals surface area contributed by atoms with Gasteiger partial charge >= 0.3 is 5.97 Å². The summed E-state index contributed by atoms with van der Waals surface area (Å²) in [6.45, 7) is 0. The van der Waals surface area contributed by atoms with Gasteiger partial charge in [-0.1, -0.05) is 30.3 Å². The second-order valence-electron chi connectivity index (χ2n) is 6.62. The summed E-state index contributed by atoms with van der Waals surface area (Å²) in [4.78, 5) is 28.1. The third-order valence-electron chi connectivity index (χ3n) is 4.76. The molecule has 1 aliphatic carbocycles. The maximum absolute atomic E-state index is 12.2. The lowest BCUT2D eigenvalue weighted by Gasteiger charge is -2.13. The number of carbonyl (C=O) groups excluding carboxylic acids is 1. The van der Waals surface area contributed by atoms with Crippen LogP contribution in [-0.4, -0.2) is 32.1 Å². The van der Waals surface area contributed by atoms with Gasteiger partial charge in [0.1, 0.15) is 11.4 Å². The Morgan fingerprint density at radius 3 is 2.46 bits per heavy atom. The number of aryl methyl sites for hydroxylation is 1. The molecule has 0 unspecified atom stereocenters. The fourth-order valence-electron chi connectivity index (χ4n) is 3.18. The average molecular weight is 349 g/mol. The summed E-state index contributed by atoms with van der Waals surface area (Å²) in [7, 11) is 0. The summed E-state index contributed by atoms with van der Waals surface area (Å²) in [5, 5.41) is 11.8. The van der Waals surface area contributed by atoms with Gasteiger partial charge in [-0.05, 0) is 37.1 Å². The molecule has 0 bridgehead atoms. The molecule has 132 valence electrons. The molecule has 1 saturated carbocycles. The van der Waals surface area contributed by atoms with Gasteiger partial charge < -0.3 is 10.4 Å². The Labute approximate surface area is 150 Å². The normalized spacial score (nSPS) is 14.9. The van der Waals surface area contributed by atoms with Crippen molar-refractivity contribution in [1.82, 2.24) is 14.9 Å². The first-order valence-corrected chi connectivity index (χ1v) is 8.65. The Morgan fingerprint density at radius 1 is 1.08 bits per heavy atom. The quantitative estimate of drug-likeness (QED) is 0.717. The molecule has 0 aliphatic heterocycles. The van der Waals surface area contributed by atoms with Crippen molar-refractivity contribution in [3.8, 4) is 5.69 Å². The fraction of sp³-hybridized carbons (Fsp3) is 0.250. The molecule has 6 nitrogen and oxygen atoms in total. The molecule has 1 heterocycles. The summed E-state index contributed by atoms with van der Waals surface area (Å²) >= 11 is 0. The third kappa shape index (κ3) is 2.94. The number of hydrogen-bond donors (Lipinski definition) is 2. The van der Waals surface area contributed by atoms with Gasteiger partial charge in [0.25, 0.3) is 0 Å². The Morgan fingerprint density at radius 2 is 1.77 bits per heavy atom. The number of hydrogen-bond acceptors (Lipinski definition) is 3. The first-order chi connectivity index (χ1) is 12.6. The number of nitrogens with one attached hydrogen (secondary N) is 1. The Kier molecular flexibility index (Phi) is 3.95. The van der Waals surface area contributed by atoms with E-state index in [0.717, 1.165) is 22.5 Å². The smallest absolute Gasteiger partial charge is 0.329 e. The number of carboxylic acid groups (broad SMARTS) is 1. The molecule has 0 atom stereocenters. The topological polar surface area (TPSA) is 84.2 Å². The van der Waals surface area contributed by atoms with E-state index < -0.39 is 11.5 Å². The highest BCUT2D eigenvalue weighted by Crippen LogP contribution is 2.35. The number of carboxylic acids is 1. The zero-order chi connectivity index (χ0) is 18.1. The van der Waals surface area contributed by atoms with Gasteiger partial charge in [-0.15, -0.1) is 0 Å². The standard InChI is InChI=1S/C20H19N3O3/c24-18(22-20(12-13-20)19(25)26)11-10-17-21-15-8-4-5-9-16(15)23(17)14-6-2-1-3-7-14/h1-9H,10-13H2,(H,22,24)(H,25,26). The minimum atomic E-state index is -1.04. The second kappa shape index (κ2) is 6.29. The summed E-state index contributed by atoms with van der Waals surface area (Å²) in [6.07, 6.45) is 1.63. The van der Waals surface area contributed by atoms with Crippen molar-refractivity contribution in [1.29, 1.82) is 0 Å². The molecule has 2 aromatic carbocycles. The molecule has 3 aromatic rings. The molecule has 1 aromatic heterocycles. The highest BCUT2D eigenvalue weighted by Gasteiger charge is 2.51. The highest BCUT2D eigenvalue weighted by molar-refractivity contribution is 5.89. The van der Waals surface area contributed by atoms with Crippen LogP contribution in [0.3, 0.4) is 0 Å². The Hall–Kier alpha value is -3.15. The molecule has 4 rings (SSSR count). The van der Waals surface area contributed by atoms with Gasteiger partial charge in [0.05, 0.1) is 11.0 Å². The van der Waals surface area contributed by atoms with Crippen LogP contribution in [0.1, 0.15) is 25.1 Å². The maximum Gasteiger partial charge on any atom is 0.329 e. The van der Waals surface area contributed by atoms with Crippen molar-refractivity contribution >= 4 is 22.9 Å². The van der Waals surface area contributed by atoms with Crippen molar-refractivity contribution in [2.45, 2.75) is 31.2 Å². The fourth-order valence-corrected chi connectivity index (χ4v) is 3.18. The number of aromatic nitrogens is 2. The number of rotatable bonds is 6. The number of fused-ring (bicyclic) bond motifs is 1. The van der Waals surface area contributed by atoms with Gasteiger partial charge in [0.15, 0.2) is 0 Å². The minimum Gasteiger partial charge on any atom is -0.480 e. The predicted molar refractivity (Wildman–Crippen MR) is 97.1 cm³/mol. The second-order valence-corrected chi connectivity index (χ2v) is 6.62. The van der Waals surface area contributed by atoms with E-state index in [4.69, 9.17) is 0 Å². The van der Waals surface area contributed by atoms with E-state index in [-0.39, 0.29) is 12.3 Å². The molecule has 0 radical (unpaired) electrons. The molecule has 6 heteroatoms. The monoisotopic (exact) mass is 349 g/mol. The molecule has 2 N–H and O–H groups in total. The zero-order valence-corrected chi connectivity index (χ0v) is 14.2. The zero-order valence-electron chi connectivity index (χ0n) is 14.2. The van der Waals surface area contributed by atoms with E-state index in [2.05, 4.69) is 10.3 Å². The van der Waals surface area contributed by atoms with Crippen molar-refractivity contribution in [3.63, 3.8) is 0 Å². The lowest BCUT2D eigenvalue weighted by molar-refractivity contribution is -0.143. The maximum atomic E-state index is 12.2. The van der Waals surface area contributed by atoms with Crippen molar-refractivity contribution < 1.29 is 14.7 Å². The SMILES string of the molecule is O=C(CCc1nc2ccccc2n1-c1ccccc1)NC1(C(=O)O)CC1. The number of imidazole rings is 1. The first kappa shape index (κ1) is 16.3. The molecule has 0 spiro atoms. The number of aliphatic carboxylic acids is 1. The number of nitrogens with zero attached hydrogens (tertiary/aromatic N) is 2. The molecule has 26 heavy (non-hydrogen) atoms. The average Bonchev–Trinajstić information content (AvgIpc) is 3.33. The van der Waals surface area contributed by atoms with Crippen LogP contribution in [0, 0.1) is 0 Å². The van der Waals surface area contributed by atoms with Crippen LogP contribution in [0.2, 0.25) is 0 Å². The van der Waals surface area contributed by atoms with Gasteiger partial charge in [-0.2, -0.15) is 0 Å². The molecule has 1 fully saturated rings. The Balaban J connectivity index is 1.59. The Bertz CT molecular complexity index is 974. The summed E-state index contributed by atoms with van der Waals surface area (Å²) in [5.74, 6) is -0.424. The summed E-state index contributed by atoms with van der Waals surface area (Å²) < 4.78 is 2.05. The van der Waals surface area contributed by atoms with Gasteiger partial charge in [0.2, 0.25) is 5.91 Å². The van der Waals surface area contributed by atoms with Gasteiger partial charge in [-0.3, -0.25) is 9.36 Å². The van der Waals surface area contributed by atoms with Crippen LogP contribution < -0.4 is 5.32 Å². The lowest BCUT2D eigenvalue weighted by Crippen LogP contribution is -2.43. The first-order valence-electron chi connectivity index (χ1n) is 8.65. The van der Waals surface area contributed by atoms with E-state index >= 15 is 0 Å². The number of para-hydroxylation sites is 3. The third-order valence-corrected chi connectivity index (χ3v) is 4.76. The number of amides is 1. The van der Waals surface area contributed by atoms with Crippen LogP contribution in [0.5, 0.6) is 0 Å². The van der Waals surface area contributed by atoms with E-state index in [9.17, 15) is 14.7 Å². The van der Waals surface area contributed by atoms with E-state index in [1.165, 1.54) is 0 Å². The molecule has 1 aliphatic rings. The van der Waals surface area contributed by atoms with Gasteiger partial charge in [0, 0.05) is 18.5 Å². The van der Waals surface area contributed by atoms with Crippen molar-refractivity contribution in [3.05, 3.63) is 60.4 Å². The van der Waals surface area contributed by atoms with Crippen LogP contribution in [0.4, 0.5) is 0 Å². The lowest BCUT2D eigenvalue weighted by atomic mass is 10.2. The predicted octanol–water partition coefficient (Wildman–Crippen LogP) is 2.69. The minimum absolute atomic E-state index is 0.200. The molecule has 0 saturated heterocycles. The molecule has 1 amide bonds. The summed E-state index contributed by atoms with van der Waals surface area (Å²) in [5.41, 5.74) is 1.80.